The van der Waals surface area contributed by atoms with Crippen LogP contribution in [-0.2, 0) is 0 Å². The average molecular weight is 490 g/mol. The van der Waals surface area contributed by atoms with Crippen molar-refractivity contribution in [2.45, 2.75) is 12.0 Å². The largest absolute Gasteiger partial charge is 0.485 e. The standard InChI is InChI=1S/C34H23N3O/c1-3-11-22(12-4-1)27-21-28(23-13-5-2-6-14-23)36-34(35-27)37-29-17-9-7-15-24(29)25-19-20-31-32(33(25)37)26-16-8-10-18-30(26)38-31/h1-21,31-32H. The van der Waals surface area contributed by atoms with E-state index in [0.717, 1.165) is 33.8 Å². The second-order valence-electron chi connectivity index (χ2n) is 9.78. The summed E-state index contributed by atoms with van der Waals surface area (Å²) in [7, 11) is 0. The number of hydrogen-bond acceptors (Lipinski definition) is 3. The van der Waals surface area contributed by atoms with E-state index in [1.54, 1.807) is 0 Å². The number of hydrogen-bond donors (Lipinski definition) is 0. The SMILES string of the molecule is C1=CC2Oc3ccccc3C2c2c1c1ccccc1n2-c1nc(-c2ccccc2)cc(-c2ccccc2)n1. The second-order valence-corrected chi connectivity index (χ2v) is 9.78. The Morgan fingerprint density at radius 3 is 2.03 bits per heavy atom. The fourth-order valence-corrected chi connectivity index (χ4v) is 5.91. The van der Waals surface area contributed by atoms with E-state index in [1.807, 2.05) is 18.2 Å². The molecule has 8 rings (SSSR count). The molecule has 3 heterocycles. The maximum Gasteiger partial charge on any atom is 0.235 e. The zero-order valence-electron chi connectivity index (χ0n) is 20.5. The highest BCUT2D eigenvalue weighted by Crippen LogP contribution is 2.49. The molecule has 2 unspecified atom stereocenters. The first-order valence-electron chi connectivity index (χ1n) is 12.9. The first-order valence-corrected chi connectivity index (χ1v) is 12.9. The number of para-hydroxylation sites is 2. The lowest BCUT2D eigenvalue weighted by molar-refractivity contribution is 0.265. The van der Waals surface area contributed by atoms with Crippen LogP contribution in [0.25, 0.3) is 45.4 Å². The molecule has 0 radical (unpaired) electrons. The van der Waals surface area contributed by atoms with Crippen molar-refractivity contribution >= 4 is 17.0 Å². The van der Waals surface area contributed by atoms with E-state index >= 15 is 0 Å². The van der Waals surface area contributed by atoms with Crippen LogP contribution in [-0.4, -0.2) is 20.6 Å². The second kappa shape index (κ2) is 8.29. The van der Waals surface area contributed by atoms with Crippen LogP contribution in [0.15, 0.2) is 121 Å². The van der Waals surface area contributed by atoms with E-state index in [1.165, 1.54) is 22.2 Å². The van der Waals surface area contributed by atoms with Gasteiger partial charge in [-0.3, -0.25) is 4.57 Å². The van der Waals surface area contributed by atoms with Crippen LogP contribution >= 0.6 is 0 Å². The van der Waals surface area contributed by atoms with Crippen molar-refractivity contribution in [3.63, 3.8) is 0 Å². The topological polar surface area (TPSA) is 39.9 Å². The Morgan fingerprint density at radius 2 is 1.29 bits per heavy atom. The van der Waals surface area contributed by atoms with Crippen LogP contribution in [0.3, 0.4) is 0 Å². The zero-order valence-corrected chi connectivity index (χ0v) is 20.5. The van der Waals surface area contributed by atoms with E-state index in [4.69, 9.17) is 14.7 Å². The molecular formula is C34H23N3O. The highest BCUT2D eigenvalue weighted by Gasteiger charge is 2.40. The third kappa shape index (κ3) is 3.17. The maximum absolute atomic E-state index is 6.40. The number of ether oxygens (including phenoxy) is 1. The molecule has 4 nitrogen and oxygen atoms in total. The normalized spacial score (nSPS) is 17.1. The zero-order chi connectivity index (χ0) is 25.1. The summed E-state index contributed by atoms with van der Waals surface area (Å²) < 4.78 is 8.66. The van der Waals surface area contributed by atoms with Gasteiger partial charge in [0.25, 0.3) is 0 Å². The third-order valence-corrected chi connectivity index (χ3v) is 7.60. The first kappa shape index (κ1) is 21.2. The summed E-state index contributed by atoms with van der Waals surface area (Å²) in [5.41, 5.74) is 8.59. The molecule has 0 N–H and O–H groups in total. The summed E-state index contributed by atoms with van der Waals surface area (Å²) in [5.74, 6) is 1.67. The lowest BCUT2D eigenvalue weighted by Gasteiger charge is -2.23. The van der Waals surface area contributed by atoms with Gasteiger partial charge in [0.05, 0.1) is 22.8 Å². The van der Waals surface area contributed by atoms with E-state index in [0.29, 0.717) is 5.95 Å². The van der Waals surface area contributed by atoms with Crippen molar-refractivity contribution in [1.82, 2.24) is 14.5 Å². The Labute approximate surface area is 220 Å². The minimum Gasteiger partial charge on any atom is -0.485 e. The average Bonchev–Trinajstić information content (AvgIpc) is 3.53. The van der Waals surface area contributed by atoms with E-state index < -0.39 is 0 Å². The van der Waals surface area contributed by atoms with Gasteiger partial charge in [-0.2, -0.15) is 0 Å². The summed E-state index contributed by atoms with van der Waals surface area (Å²) in [4.78, 5) is 10.4. The predicted octanol–water partition coefficient (Wildman–Crippen LogP) is 7.67. The minimum absolute atomic E-state index is 0.0581. The van der Waals surface area contributed by atoms with Gasteiger partial charge in [-0.05, 0) is 24.3 Å². The van der Waals surface area contributed by atoms with Crippen molar-refractivity contribution in [2.75, 3.05) is 0 Å². The monoisotopic (exact) mass is 489 g/mol. The molecule has 0 bridgehead atoms. The van der Waals surface area contributed by atoms with Crippen molar-refractivity contribution < 1.29 is 4.74 Å². The molecule has 1 aliphatic heterocycles. The van der Waals surface area contributed by atoms with Crippen LogP contribution < -0.4 is 4.74 Å². The van der Waals surface area contributed by atoms with Crippen molar-refractivity contribution in [3.8, 4) is 34.2 Å². The number of benzene rings is 4. The maximum atomic E-state index is 6.40. The molecule has 0 fully saturated rings. The summed E-state index contributed by atoms with van der Waals surface area (Å²) in [5, 5.41) is 1.19. The number of aromatic nitrogens is 3. The van der Waals surface area contributed by atoms with E-state index in [-0.39, 0.29) is 12.0 Å². The Bertz CT molecular complexity index is 1800. The summed E-state index contributed by atoms with van der Waals surface area (Å²) in [6.45, 7) is 0. The molecule has 0 amide bonds. The summed E-state index contributed by atoms with van der Waals surface area (Å²) in [6, 6.07) is 39.7. The summed E-state index contributed by atoms with van der Waals surface area (Å²) in [6.07, 6.45) is 4.34. The van der Waals surface area contributed by atoms with Crippen LogP contribution in [0.2, 0.25) is 0 Å². The first-order chi connectivity index (χ1) is 18.8. The van der Waals surface area contributed by atoms with Crippen LogP contribution in [0.1, 0.15) is 22.7 Å². The van der Waals surface area contributed by atoms with Crippen LogP contribution in [0.4, 0.5) is 0 Å². The molecule has 2 aromatic heterocycles. The number of nitrogens with zero attached hydrogens (tertiary/aromatic N) is 3. The lowest BCUT2D eigenvalue weighted by atomic mass is 9.85. The molecule has 2 atom stereocenters. The molecule has 4 aromatic carbocycles. The molecule has 1 aliphatic carbocycles. The van der Waals surface area contributed by atoms with Gasteiger partial charge < -0.3 is 4.74 Å². The molecule has 2 aliphatic rings. The van der Waals surface area contributed by atoms with E-state index in [9.17, 15) is 0 Å². The van der Waals surface area contributed by atoms with Crippen molar-refractivity contribution in [3.05, 3.63) is 138 Å². The van der Waals surface area contributed by atoms with Gasteiger partial charge in [0, 0.05) is 33.3 Å². The third-order valence-electron chi connectivity index (χ3n) is 7.60. The molecule has 6 aromatic rings. The van der Waals surface area contributed by atoms with Gasteiger partial charge >= 0.3 is 0 Å². The number of fused-ring (bicyclic) bond motifs is 7. The van der Waals surface area contributed by atoms with Gasteiger partial charge in [-0.1, -0.05) is 103 Å². The Kier molecular flexibility index (Phi) is 4.61. The van der Waals surface area contributed by atoms with Crippen molar-refractivity contribution in [1.29, 1.82) is 0 Å². The molecule has 0 saturated heterocycles. The summed E-state index contributed by atoms with van der Waals surface area (Å²) >= 11 is 0. The van der Waals surface area contributed by atoms with E-state index in [2.05, 4.69) is 114 Å². The van der Waals surface area contributed by atoms with Crippen LogP contribution in [0, 0.1) is 0 Å². The predicted molar refractivity (Wildman–Crippen MR) is 151 cm³/mol. The molecule has 0 spiro atoms. The van der Waals surface area contributed by atoms with Gasteiger partial charge in [0.2, 0.25) is 5.95 Å². The highest BCUT2D eigenvalue weighted by atomic mass is 16.5. The van der Waals surface area contributed by atoms with Gasteiger partial charge in [0.15, 0.2) is 0 Å². The lowest BCUT2D eigenvalue weighted by Crippen LogP contribution is -2.23. The molecular weight excluding hydrogens is 466 g/mol. The molecule has 38 heavy (non-hydrogen) atoms. The molecule has 4 heteroatoms. The molecule has 180 valence electrons. The number of rotatable bonds is 3. The smallest absolute Gasteiger partial charge is 0.235 e. The Balaban J connectivity index is 1.45. The molecule has 0 saturated carbocycles. The van der Waals surface area contributed by atoms with Gasteiger partial charge in [-0.25, -0.2) is 9.97 Å². The van der Waals surface area contributed by atoms with Crippen molar-refractivity contribution in [2.24, 2.45) is 0 Å². The quantitative estimate of drug-likeness (QED) is 0.256. The van der Waals surface area contributed by atoms with Gasteiger partial charge in [-0.15, -0.1) is 0 Å². The van der Waals surface area contributed by atoms with Crippen LogP contribution in [0.5, 0.6) is 5.75 Å². The fraction of sp³-hybridized carbons (Fsp3) is 0.0588. The fourth-order valence-electron chi connectivity index (χ4n) is 5.91. The van der Waals surface area contributed by atoms with Gasteiger partial charge in [0.1, 0.15) is 11.9 Å². The highest BCUT2D eigenvalue weighted by molar-refractivity contribution is 5.94. The Morgan fingerprint density at radius 1 is 0.658 bits per heavy atom. The minimum atomic E-state index is -0.0612. The Hall–Kier alpha value is -4.96.